The fourth-order valence-corrected chi connectivity index (χ4v) is 8.64. The fourth-order valence-electron chi connectivity index (χ4n) is 6.03. The van der Waals surface area contributed by atoms with E-state index >= 15 is 0 Å². The van der Waals surface area contributed by atoms with Crippen molar-refractivity contribution in [3.05, 3.63) is 102 Å². The zero-order chi connectivity index (χ0) is 29.4. The maximum absolute atomic E-state index is 13.4. The van der Waals surface area contributed by atoms with Crippen molar-refractivity contribution in [1.29, 1.82) is 0 Å². The lowest BCUT2D eigenvalue weighted by Gasteiger charge is -2.31. The molecule has 0 unspecified atom stereocenters. The minimum atomic E-state index is -2.65. The molecular weight excluding hydrogens is 532 g/mol. The average Bonchev–Trinajstić information content (AvgIpc) is 3.27. The van der Waals surface area contributed by atoms with E-state index in [0.29, 0.717) is 12.1 Å². The number of rotatable bonds is 12. The Morgan fingerprint density at radius 3 is 2.24 bits per heavy atom. The third kappa shape index (κ3) is 8.36. The van der Waals surface area contributed by atoms with E-state index in [1.54, 1.807) is 17.0 Å². The van der Waals surface area contributed by atoms with Crippen molar-refractivity contribution in [2.24, 2.45) is 5.92 Å². The molecule has 0 aromatic heterocycles. The number of aliphatic hydroxyl groups excluding tert-OH is 1. The van der Waals surface area contributed by atoms with Gasteiger partial charge < -0.3 is 24.9 Å². The Hall–Kier alpha value is -3.30. The molecule has 0 radical (unpaired) electrons. The monoisotopic (exact) mass is 574 g/mol. The lowest BCUT2D eigenvalue weighted by Crippen LogP contribution is -2.42. The molecule has 4 atom stereocenters. The number of hydrogen-bond donors (Lipinski definition) is 3. The number of carbonyl (C=O) groups excluding carboxylic acids is 2. The number of anilines is 1. The SMILES string of the molecule is C[C@@H]1[C@@H]([Si](C)(C)O)[C@H](CC(=O)N(CCO)Cc2ccccc2)O[C@@H]1CCc1cccc(NC(=O)c2ccccc2)c1. The first-order valence-electron chi connectivity index (χ1n) is 14.4. The Labute approximate surface area is 244 Å². The number of benzene rings is 3. The highest BCUT2D eigenvalue weighted by atomic mass is 28.4. The van der Waals surface area contributed by atoms with Crippen LogP contribution in [0.3, 0.4) is 0 Å². The largest absolute Gasteiger partial charge is 0.432 e. The number of nitrogens with zero attached hydrogens (tertiary/aromatic N) is 1. The van der Waals surface area contributed by atoms with Gasteiger partial charge in [-0.25, -0.2) is 0 Å². The molecule has 1 fully saturated rings. The van der Waals surface area contributed by atoms with E-state index in [0.717, 1.165) is 29.7 Å². The van der Waals surface area contributed by atoms with Crippen LogP contribution in [0.15, 0.2) is 84.9 Å². The molecule has 7 nitrogen and oxygen atoms in total. The van der Waals surface area contributed by atoms with Crippen molar-refractivity contribution in [2.45, 2.75) is 63.6 Å². The van der Waals surface area contributed by atoms with Gasteiger partial charge in [0.05, 0.1) is 25.2 Å². The molecule has 218 valence electrons. The number of carbonyl (C=O) groups is 2. The minimum Gasteiger partial charge on any atom is -0.432 e. The highest BCUT2D eigenvalue weighted by Gasteiger charge is 2.50. The molecule has 2 amide bonds. The standard InChI is InChI=1S/C33H42N2O5Si/c1-24-29(18-17-25-13-10-16-28(21-25)34-33(38)27-14-8-5-9-15-27)40-30(32(24)41(2,3)39)22-31(37)35(19-20-36)23-26-11-6-4-7-12-26/h4-16,21,24,29-30,32,36,39H,17-20,22-23H2,1-3H3,(H,34,38)/t24-,29+,30-,32+/m0/s1. The maximum Gasteiger partial charge on any atom is 0.255 e. The van der Waals surface area contributed by atoms with Crippen molar-refractivity contribution < 1.29 is 24.2 Å². The van der Waals surface area contributed by atoms with Crippen molar-refractivity contribution in [1.82, 2.24) is 4.90 Å². The fraction of sp³-hybridized carbons (Fsp3) is 0.394. The van der Waals surface area contributed by atoms with Crippen LogP contribution < -0.4 is 5.32 Å². The van der Waals surface area contributed by atoms with E-state index < -0.39 is 8.32 Å². The van der Waals surface area contributed by atoms with E-state index in [-0.39, 0.29) is 55.1 Å². The van der Waals surface area contributed by atoms with Crippen LogP contribution in [0.5, 0.6) is 0 Å². The zero-order valence-corrected chi connectivity index (χ0v) is 25.2. The summed E-state index contributed by atoms with van der Waals surface area (Å²) in [6, 6.07) is 26.7. The maximum atomic E-state index is 13.4. The van der Waals surface area contributed by atoms with Crippen molar-refractivity contribution >= 4 is 25.8 Å². The van der Waals surface area contributed by atoms with E-state index in [1.807, 2.05) is 85.9 Å². The van der Waals surface area contributed by atoms with Crippen molar-refractivity contribution in [3.63, 3.8) is 0 Å². The lowest BCUT2D eigenvalue weighted by atomic mass is 9.95. The molecule has 1 heterocycles. The quantitative estimate of drug-likeness (QED) is 0.257. The van der Waals surface area contributed by atoms with Crippen LogP contribution >= 0.6 is 0 Å². The van der Waals surface area contributed by atoms with Gasteiger partial charge in [-0.1, -0.05) is 67.6 Å². The summed E-state index contributed by atoms with van der Waals surface area (Å²) in [5.74, 6) is -0.129. The smallest absolute Gasteiger partial charge is 0.255 e. The van der Waals surface area contributed by atoms with Gasteiger partial charge in [0, 0.05) is 29.9 Å². The highest BCUT2D eigenvalue weighted by Crippen LogP contribution is 2.45. The Kier molecular flexibility index (Phi) is 10.5. The Morgan fingerprint density at radius 1 is 0.927 bits per heavy atom. The van der Waals surface area contributed by atoms with E-state index in [2.05, 4.69) is 12.2 Å². The summed E-state index contributed by atoms with van der Waals surface area (Å²) in [7, 11) is -2.65. The Balaban J connectivity index is 1.40. The molecule has 1 saturated heterocycles. The van der Waals surface area contributed by atoms with Crippen molar-refractivity contribution in [3.8, 4) is 0 Å². The molecule has 3 N–H and O–H groups in total. The number of nitrogens with one attached hydrogen (secondary N) is 1. The predicted octanol–water partition coefficient (Wildman–Crippen LogP) is 5.25. The van der Waals surface area contributed by atoms with Gasteiger partial charge in [0.2, 0.25) is 5.91 Å². The zero-order valence-electron chi connectivity index (χ0n) is 24.2. The third-order valence-corrected chi connectivity index (χ3v) is 10.5. The molecule has 8 heteroatoms. The van der Waals surface area contributed by atoms with Crippen LogP contribution in [0.4, 0.5) is 5.69 Å². The van der Waals surface area contributed by atoms with E-state index in [4.69, 9.17) is 4.74 Å². The van der Waals surface area contributed by atoms with Crippen LogP contribution in [-0.2, 0) is 22.5 Å². The second-order valence-electron chi connectivity index (χ2n) is 11.5. The molecule has 0 bridgehead atoms. The number of aryl methyl sites for hydroxylation is 1. The van der Waals surface area contributed by atoms with Gasteiger partial charge in [-0.2, -0.15) is 0 Å². The van der Waals surface area contributed by atoms with Gasteiger partial charge >= 0.3 is 0 Å². The molecule has 3 aromatic carbocycles. The van der Waals surface area contributed by atoms with Gasteiger partial charge in [-0.3, -0.25) is 9.59 Å². The van der Waals surface area contributed by atoms with Crippen LogP contribution in [0.25, 0.3) is 0 Å². The van der Waals surface area contributed by atoms with Gasteiger partial charge in [0.25, 0.3) is 5.91 Å². The average molecular weight is 575 g/mol. The summed E-state index contributed by atoms with van der Waals surface area (Å²) in [6.07, 6.45) is 1.20. The van der Waals surface area contributed by atoms with Crippen LogP contribution in [-0.4, -0.2) is 60.3 Å². The summed E-state index contributed by atoms with van der Waals surface area (Å²) in [6.45, 7) is 6.53. The van der Waals surface area contributed by atoms with Crippen molar-refractivity contribution in [2.75, 3.05) is 18.5 Å². The van der Waals surface area contributed by atoms with Crippen LogP contribution in [0.2, 0.25) is 18.6 Å². The highest BCUT2D eigenvalue weighted by molar-refractivity contribution is 6.71. The Bertz CT molecular complexity index is 1280. The molecule has 41 heavy (non-hydrogen) atoms. The molecule has 1 aliphatic heterocycles. The lowest BCUT2D eigenvalue weighted by molar-refractivity contribution is -0.135. The van der Waals surface area contributed by atoms with Gasteiger partial charge in [0.15, 0.2) is 8.32 Å². The molecule has 4 rings (SSSR count). The summed E-state index contributed by atoms with van der Waals surface area (Å²) in [5, 5.41) is 12.6. The molecule has 0 spiro atoms. The molecule has 0 saturated carbocycles. The Morgan fingerprint density at radius 2 is 1.59 bits per heavy atom. The number of ether oxygens (including phenoxy) is 1. The number of aliphatic hydroxyl groups is 1. The summed E-state index contributed by atoms with van der Waals surface area (Å²) in [4.78, 5) is 38.9. The van der Waals surface area contributed by atoms with Gasteiger partial charge in [-0.15, -0.1) is 0 Å². The minimum absolute atomic E-state index is 0.0779. The number of amides is 2. The predicted molar refractivity (Wildman–Crippen MR) is 164 cm³/mol. The summed E-state index contributed by atoms with van der Waals surface area (Å²) < 4.78 is 6.53. The molecule has 1 aliphatic rings. The number of hydrogen-bond acceptors (Lipinski definition) is 5. The molecule has 0 aliphatic carbocycles. The van der Waals surface area contributed by atoms with E-state index in [9.17, 15) is 19.5 Å². The van der Waals surface area contributed by atoms with Gasteiger partial charge in [-0.05, 0) is 67.2 Å². The normalized spacial score (nSPS) is 20.5. The molecular formula is C33H42N2O5Si. The first kappa shape index (κ1) is 30.7. The van der Waals surface area contributed by atoms with Crippen LogP contribution in [0, 0.1) is 5.92 Å². The van der Waals surface area contributed by atoms with Gasteiger partial charge in [0.1, 0.15) is 0 Å². The second-order valence-corrected chi connectivity index (χ2v) is 15.5. The first-order valence-corrected chi connectivity index (χ1v) is 17.4. The van der Waals surface area contributed by atoms with Crippen LogP contribution in [0.1, 0.15) is 41.3 Å². The van der Waals surface area contributed by atoms with E-state index in [1.165, 1.54) is 0 Å². The third-order valence-electron chi connectivity index (χ3n) is 7.97. The molecule has 3 aromatic rings. The summed E-state index contributed by atoms with van der Waals surface area (Å²) in [5.41, 5.74) is 3.35. The second kappa shape index (κ2) is 14.0. The first-order chi connectivity index (χ1) is 19.7. The summed E-state index contributed by atoms with van der Waals surface area (Å²) >= 11 is 0. The topological polar surface area (TPSA) is 99.1 Å².